The fourth-order valence-corrected chi connectivity index (χ4v) is 3.72. The van der Waals surface area contributed by atoms with Crippen LogP contribution in [0.15, 0.2) is 0 Å². The molecule has 0 aliphatic heterocycles. The van der Waals surface area contributed by atoms with Crippen molar-refractivity contribution in [3.8, 4) is 0 Å². The average molecular weight is 273 g/mol. The molecule has 0 radical (unpaired) electrons. The van der Waals surface area contributed by atoms with E-state index in [1.54, 1.807) is 11.3 Å². The molecule has 0 amide bonds. The van der Waals surface area contributed by atoms with Crippen molar-refractivity contribution in [1.82, 2.24) is 4.98 Å². The van der Waals surface area contributed by atoms with E-state index in [4.69, 9.17) is 0 Å². The van der Waals surface area contributed by atoms with E-state index in [2.05, 4.69) is 18.8 Å². The number of thioether (sulfide) groups is 1. The number of nitrogens with zero attached hydrogens (tertiary/aromatic N) is 1. The summed E-state index contributed by atoms with van der Waals surface area (Å²) in [6, 6.07) is 0. The minimum absolute atomic E-state index is 0.754. The van der Waals surface area contributed by atoms with Crippen LogP contribution in [0.5, 0.6) is 0 Å². The molecule has 0 saturated carbocycles. The summed E-state index contributed by atoms with van der Waals surface area (Å²) >= 11 is 3.60. The SMILES string of the molecule is CCCSCc1nc(CCC)c(C(C)(C)O)s1. The van der Waals surface area contributed by atoms with Gasteiger partial charge in [0, 0.05) is 5.75 Å². The van der Waals surface area contributed by atoms with E-state index < -0.39 is 5.60 Å². The number of hydrogen-bond acceptors (Lipinski definition) is 4. The van der Waals surface area contributed by atoms with E-state index in [9.17, 15) is 5.11 Å². The third-order valence-electron chi connectivity index (χ3n) is 2.36. The highest BCUT2D eigenvalue weighted by atomic mass is 32.2. The molecule has 1 rings (SSSR count). The van der Waals surface area contributed by atoms with Gasteiger partial charge in [-0.05, 0) is 32.4 Å². The first-order valence-electron chi connectivity index (χ1n) is 6.28. The predicted molar refractivity (Wildman–Crippen MR) is 77.8 cm³/mol. The molecule has 0 aliphatic carbocycles. The van der Waals surface area contributed by atoms with Gasteiger partial charge in [-0.3, -0.25) is 0 Å². The van der Waals surface area contributed by atoms with Gasteiger partial charge in [0.1, 0.15) is 5.01 Å². The van der Waals surface area contributed by atoms with Crippen LogP contribution in [0.25, 0.3) is 0 Å². The summed E-state index contributed by atoms with van der Waals surface area (Å²) in [4.78, 5) is 5.72. The lowest BCUT2D eigenvalue weighted by atomic mass is 10.0. The maximum atomic E-state index is 10.1. The van der Waals surface area contributed by atoms with Gasteiger partial charge in [0.2, 0.25) is 0 Å². The number of thiazole rings is 1. The fourth-order valence-electron chi connectivity index (χ4n) is 1.65. The van der Waals surface area contributed by atoms with Gasteiger partial charge in [0.05, 0.1) is 16.2 Å². The molecule has 0 spiro atoms. The van der Waals surface area contributed by atoms with Crippen LogP contribution in [-0.4, -0.2) is 15.8 Å². The molecule has 2 nitrogen and oxygen atoms in total. The van der Waals surface area contributed by atoms with Gasteiger partial charge >= 0.3 is 0 Å². The molecule has 0 unspecified atom stereocenters. The van der Waals surface area contributed by atoms with Crippen molar-refractivity contribution in [3.63, 3.8) is 0 Å². The highest BCUT2D eigenvalue weighted by molar-refractivity contribution is 7.98. The Morgan fingerprint density at radius 1 is 1.29 bits per heavy atom. The van der Waals surface area contributed by atoms with Crippen molar-refractivity contribution < 1.29 is 5.11 Å². The topological polar surface area (TPSA) is 33.1 Å². The largest absolute Gasteiger partial charge is 0.385 e. The molecule has 0 bridgehead atoms. The minimum Gasteiger partial charge on any atom is -0.385 e. The summed E-state index contributed by atoms with van der Waals surface area (Å²) in [6.45, 7) is 8.05. The second-order valence-corrected chi connectivity index (χ2v) is 6.93. The molecule has 0 saturated heterocycles. The molecule has 1 N–H and O–H groups in total. The van der Waals surface area contributed by atoms with Crippen LogP contribution < -0.4 is 0 Å². The van der Waals surface area contributed by atoms with Gasteiger partial charge in [0.25, 0.3) is 0 Å². The van der Waals surface area contributed by atoms with E-state index in [-0.39, 0.29) is 0 Å². The maximum absolute atomic E-state index is 10.1. The lowest BCUT2D eigenvalue weighted by molar-refractivity contribution is 0.0813. The molecule has 0 fully saturated rings. The van der Waals surface area contributed by atoms with Crippen molar-refractivity contribution in [2.24, 2.45) is 0 Å². The van der Waals surface area contributed by atoms with Gasteiger partial charge in [-0.2, -0.15) is 11.8 Å². The van der Waals surface area contributed by atoms with Gasteiger partial charge in [-0.25, -0.2) is 4.98 Å². The second kappa shape index (κ2) is 6.76. The first-order valence-corrected chi connectivity index (χ1v) is 8.25. The average Bonchev–Trinajstić information content (AvgIpc) is 2.62. The minimum atomic E-state index is -0.754. The first-order chi connectivity index (χ1) is 7.99. The van der Waals surface area contributed by atoms with Gasteiger partial charge in [-0.1, -0.05) is 20.3 Å². The normalized spacial score (nSPS) is 12.1. The van der Waals surface area contributed by atoms with Crippen LogP contribution in [0.1, 0.15) is 56.1 Å². The highest BCUT2D eigenvalue weighted by Crippen LogP contribution is 2.32. The molecular formula is C13H23NOS2. The quantitative estimate of drug-likeness (QED) is 0.763. The van der Waals surface area contributed by atoms with Crippen LogP contribution >= 0.6 is 23.1 Å². The Bertz CT molecular complexity index is 342. The van der Waals surface area contributed by atoms with E-state index in [0.717, 1.165) is 34.2 Å². The van der Waals surface area contributed by atoms with E-state index in [1.807, 2.05) is 25.6 Å². The standard InChI is InChI=1S/C13H23NOS2/c1-5-7-10-12(13(3,4)15)17-11(14-10)9-16-8-6-2/h15H,5-9H2,1-4H3. The third kappa shape index (κ3) is 4.60. The van der Waals surface area contributed by atoms with Crippen molar-refractivity contribution in [3.05, 3.63) is 15.6 Å². The molecule has 0 aliphatic rings. The molecule has 0 atom stereocenters. The van der Waals surface area contributed by atoms with Gasteiger partial charge in [-0.15, -0.1) is 11.3 Å². The summed E-state index contributed by atoms with van der Waals surface area (Å²) < 4.78 is 0. The van der Waals surface area contributed by atoms with Crippen molar-refractivity contribution in [2.75, 3.05) is 5.75 Å². The van der Waals surface area contributed by atoms with Crippen LogP contribution in [-0.2, 0) is 17.8 Å². The first kappa shape index (κ1) is 15.0. The predicted octanol–water partition coefficient (Wildman–Crippen LogP) is 3.97. The molecule has 17 heavy (non-hydrogen) atoms. The Kier molecular flexibility index (Phi) is 5.97. The smallest absolute Gasteiger partial charge is 0.103 e. The Balaban J connectivity index is 2.80. The van der Waals surface area contributed by atoms with E-state index in [1.165, 1.54) is 12.2 Å². The molecule has 1 aromatic rings. The summed E-state index contributed by atoms with van der Waals surface area (Å²) in [6.07, 6.45) is 3.25. The van der Waals surface area contributed by atoms with Gasteiger partial charge in [0.15, 0.2) is 0 Å². The van der Waals surface area contributed by atoms with Crippen molar-refractivity contribution in [2.45, 2.75) is 58.3 Å². The van der Waals surface area contributed by atoms with E-state index >= 15 is 0 Å². The zero-order chi connectivity index (χ0) is 12.9. The zero-order valence-corrected chi connectivity index (χ0v) is 12.9. The van der Waals surface area contributed by atoms with Crippen LogP contribution in [0.3, 0.4) is 0 Å². The number of hydrogen-bond donors (Lipinski definition) is 1. The Labute approximate surface area is 113 Å². The monoisotopic (exact) mass is 273 g/mol. The molecule has 1 aromatic heterocycles. The molecule has 4 heteroatoms. The van der Waals surface area contributed by atoms with Crippen LogP contribution in [0.4, 0.5) is 0 Å². The highest BCUT2D eigenvalue weighted by Gasteiger charge is 2.24. The zero-order valence-electron chi connectivity index (χ0n) is 11.2. The van der Waals surface area contributed by atoms with Crippen LogP contribution in [0.2, 0.25) is 0 Å². The van der Waals surface area contributed by atoms with E-state index in [0.29, 0.717) is 0 Å². The van der Waals surface area contributed by atoms with Crippen molar-refractivity contribution in [1.29, 1.82) is 0 Å². The second-order valence-electron chi connectivity index (χ2n) is 4.75. The Morgan fingerprint density at radius 3 is 2.53 bits per heavy atom. The molecular weight excluding hydrogens is 250 g/mol. The summed E-state index contributed by atoms with van der Waals surface area (Å²) in [7, 11) is 0. The lowest BCUT2D eigenvalue weighted by Crippen LogP contribution is -2.15. The van der Waals surface area contributed by atoms with Crippen LogP contribution in [0, 0.1) is 0 Å². The fraction of sp³-hybridized carbons (Fsp3) is 0.769. The summed E-state index contributed by atoms with van der Waals surface area (Å²) in [5.41, 5.74) is 0.340. The van der Waals surface area contributed by atoms with Crippen molar-refractivity contribution >= 4 is 23.1 Å². The summed E-state index contributed by atoms with van der Waals surface area (Å²) in [5, 5.41) is 11.3. The number of aryl methyl sites for hydroxylation is 1. The molecule has 1 heterocycles. The van der Waals surface area contributed by atoms with Gasteiger partial charge < -0.3 is 5.11 Å². The Hall–Kier alpha value is -0.0600. The molecule has 0 aromatic carbocycles. The number of rotatable bonds is 7. The maximum Gasteiger partial charge on any atom is 0.103 e. The number of aromatic nitrogens is 1. The molecule has 98 valence electrons. The lowest BCUT2D eigenvalue weighted by Gasteiger charge is -2.16. The third-order valence-corrected chi connectivity index (χ3v) is 5.13. The number of aliphatic hydroxyl groups is 1. The summed E-state index contributed by atoms with van der Waals surface area (Å²) in [5.74, 6) is 2.16. The Morgan fingerprint density at radius 2 is 2.00 bits per heavy atom.